The van der Waals surface area contributed by atoms with Crippen LogP contribution < -0.4 is 15.4 Å². The van der Waals surface area contributed by atoms with Crippen molar-refractivity contribution in [2.24, 2.45) is 0 Å². The van der Waals surface area contributed by atoms with Gasteiger partial charge in [0.15, 0.2) is 0 Å². The van der Waals surface area contributed by atoms with E-state index >= 15 is 0 Å². The minimum absolute atomic E-state index is 0.0178. The molecule has 2 heterocycles. The molecule has 1 aliphatic rings. The Morgan fingerprint density at radius 1 is 1.29 bits per heavy atom. The Morgan fingerprint density at radius 2 is 2.14 bits per heavy atom. The van der Waals surface area contributed by atoms with E-state index in [-0.39, 0.29) is 11.9 Å². The lowest BCUT2D eigenvalue weighted by Gasteiger charge is -2.16. The van der Waals surface area contributed by atoms with Gasteiger partial charge >= 0.3 is 0 Å². The van der Waals surface area contributed by atoms with Crippen LogP contribution in [0.25, 0.3) is 0 Å². The Labute approximate surface area is 123 Å². The predicted octanol–water partition coefficient (Wildman–Crippen LogP) is 2.46. The minimum Gasteiger partial charge on any atom is -0.481 e. The van der Waals surface area contributed by atoms with Crippen molar-refractivity contribution >= 4 is 17.3 Å². The van der Waals surface area contributed by atoms with Crippen LogP contribution in [0.1, 0.15) is 12.0 Å². The number of pyridine rings is 1. The molecule has 1 aliphatic heterocycles. The van der Waals surface area contributed by atoms with Crippen molar-refractivity contribution in [1.82, 2.24) is 4.98 Å². The lowest BCUT2D eigenvalue weighted by molar-refractivity contribution is -0.116. The number of hydrogen-bond donors (Lipinski definition) is 2. The first-order valence-corrected chi connectivity index (χ1v) is 6.91. The molecule has 1 atom stereocenters. The molecule has 2 N–H and O–H groups in total. The van der Waals surface area contributed by atoms with Crippen LogP contribution >= 0.6 is 0 Å². The number of nitrogens with zero attached hydrogens (tertiary/aromatic N) is 1. The fraction of sp³-hybridized carbons (Fsp3) is 0.250. The lowest BCUT2D eigenvalue weighted by Crippen LogP contribution is -2.33. The van der Waals surface area contributed by atoms with Gasteiger partial charge in [0.05, 0.1) is 19.0 Å². The molecule has 3 rings (SSSR count). The van der Waals surface area contributed by atoms with Crippen LogP contribution in [0.15, 0.2) is 42.6 Å². The third-order valence-electron chi connectivity index (χ3n) is 3.58. The Kier molecular flexibility index (Phi) is 3.73. The number of benzene rings is 1. The van der Waals surface area contributed by atoms with Gasteiger partial charge in [-0.15, -0.1) is 0 Å². The first kappa shape index (κ1) is 13.4. The second-order valence-electron chi connectivity index (χ2n) is 4.97. The van der Waals surface area contributed by atoms with Crippen molar-refractivity contribution in [2.45, 2.75) is 18.9 Å². The van der Waals surface area contributed by atoms with Crippen LogP contribution in [-0.2, 0) is 11.2 Å². The standard InChI is InChI=1S/C16H17N3O2/c1-21-15-9-7-12(10-17-15)18-14-8-6-11-4-2-3-5-13(11)19-16(14)20/h2-5,7,9-10,14,18H,6,8H2,1H3,(H,19,20). The highest BCUT2D eigenvalue weighted by Gasteiger charge is 2.23. The topological polar surface area (TPSA) is 63.2 Å². The third-order valence-corrected chi connectivity index (χ3v) is 3.58. The summed E-state index contributed by atoms with van der Waals surface area (Å²) < 4.78 is 5.02. The number of nitrogens with one attached hydrogen (secondary N) is 2. The molecule has 0 fully saturated rings. The van der Waals surface area contributed by atoms with E-state index < -0.39 is 0 Å². The maximum atomic E-state index is 12.3. The molecule has 0 aliphatic carbocycles. The molecule has 1 aromatic heterocycles. The highest BCUT2D eigenvalue weighted by atomic mass is 16.5. The fourth-order valence-corrected chi connectivity index (χ4v) is 2.44. The summed E-state index contributed by atoms with van der Waals surface area (Å²) in [7, 11) is 1.57. The number of fused-ring (bicyclic) bond motifs is 1. The maximum Gasteiger partial charge on any atom is 0.246 e. The monoisotopic (exact) mass is 283 g/mol. The van der Waals surface area contributed by atoms with Crippen molar-refractivity contribution in [3.8, 4) is 5.88 Å². The fourth-order valence-electron chi connectivity index (χ4n) is 2.44. The number of methoxy groups -OCH3 is 1. The van der Waals surface area contributed by atoms with Gasteiger partial charge in [-0.25, -0.2) is 4.98 Å². The summed E-state index contributed by atoms with van der Waals surface area (Å²) in [6.45, 7) is 0. The summed E-state index contributed by atoms with van der Waals surface area (Å²) >= 11 is 0. The molecular weight excluding hydrogens is 266 g/mol. The third kappa shape index (κ3) is 2.97. The van der Waals surface area contributed by atoms with E-state index in [1.807, 2.05) is 30.3 Å². The molecule has 0 bridgehead atoms. The highest BCUT2D eigenvalue weighted by Crippen LogP contribution is 2.23. The van der Waals surface area contributed by atoms with E-state index in [2.05, 4.69) is 15.6 Å². The summed E-state index contributed by atoms with van der Waals surface area (Å²) in [5.41, 5.74) is 2.88. The average molecular weight is 283 g/mol. The van der Waals surface area contributed by atoms with Gasteiger partial charge in [-0.1, -0.05) is 18.2 Å². The van der Waals surface area contributed by atoms with E-state index in [1.165, 1.54) is 5.56 Å². The van der Waals surface area contributed by atoms with Crippen molar-refractivity contribution in [1.29, 1.82) is 0 Å². The Hall–Kier alpha value is -2.56. The van der Waals surface area contributed by atoms with E-state index in [0.717, 1.165) is 24.2 Å². The van der Waals surface area contributed by atoms with Gasteiger partial charge in [-0.3, -0.25) is 4.79 Å². The van der Waals surface area contributed by atoms with E-state index in [1.54, 1.807) is 19.4 Å². The number of amides is 1. The Balaban J connectivity index is 1.73. The molecule has 5 heteroatoms. The SMILES string of the molecule is COc1ccc(NC2CCc3ccccc3NC2=O)cn1. The number of rotatable bonds is 3. The second-order valence-corrected chi connectivity index (χ2v) is 4.97. The van der Waals surface area contributed by atoms with Crippen LogP contribution in [-0.4, -0.2) is 24.0 Å². The van der Waals surface area contributed by atoms with Crippen LogP contribution in [0.5, 0.6) is 5.88 Å². The first-order valence-electron chi connectivity index (χ1n) is 6.91. The van der Waals surface area contributed by atoms with Crippen LogP contribution in [0, 0.1) is 0 Å². The largest absolute Gasteiger partial charge is 0.481 e. The summed E-state index contributed by atoms with van der Waals surface area (Å²) in [6, 6.07) is 11.3. The number of ether oxygens (including phenoxy) is 1. The molecule has 0 radical (unpaired) electrons. The molecule has 1 aromatic carbocycles. The summed E-state index contributed by atoms with van der Waals surface area (Å²) in [6.07, 6.45) is 3.27. The van der Waals surface area contributed by atoms with Gasteiger partial charge in [-0.05, 0) is 30.5 Å². The lowest BCUT2D eigenvalue weighted by atomic mass is 10.1. The molecule has 5 nitrogen and oxygen atoms in total. The number of hydrogen-bond acceptors (Lipinski definition) is 4. The molecule has 0 saturated heterocycles. The van der Waals surface area contributed by atoms with Crippen LogP contribution in [0.4, 0.5) is 11.4 Å². The van der Waals surface area contributed by atoms with E-state index in [9.17, 15) is 4.79 Å². The van der Waals surface area contributed by atoms with Gasteiger partial charge in [0, 0.05) is 11.8 Å². The number of para-hydroxylation sites is 1. The summed E-state index contributed by atoms with van der Waals surface area (Å²) in [5, 5.41) is 6.20. The zero-order valence-electron chi connectivity index (χ0n) is 11.8. The number of aryl methyl sites for hydroxylation is 1. The average Bonchev–Trinajstić information content (AvgIpc) is 2.67. The van der Waals surface area contributed by atoms with Crippen LogP contribution in [0.2, 0.25) is 0 Å². The molecule has 108 valence electrons. The van der Waals surface area contributed by atoms with Gasteiger partial charge in [0.25, 0.3) is 0 Å². The number of anilines is 2. The number of aromatic nitrogens is 1. The van der Waals surface area contributed by atoms with Crippen LogP contribution in [0.3, 0.4) is 0 Å². The van der Waals surface area contributed by atoms with Crippen molar-refractivity contribution in [2.75, 3.05) is 17.7 Å². The van der Waals surface area contributed by atoms with Gasteiger partial charge in [0.1, 0.15) is 6.04 Å². The zero-order valence-corrected chi connectivity index (χ0v) is 11.8. The summed E-state index contributed by atoms with van der Waals surface area (Å²) in [5.74, 6) is 0.536. The molecule has 0 spiro atoms. The maximum absolute atomic E-state index is 12.3. The number of carbonyl (C=O) groups excluding carboxylic acids is 1. The number of carbonyl (C=O) groups is 1. The van der Waals surface area contributed by atoms with E-state index in [4.69, 9.17) is 4.74 Å². The second kappa shape index (κ2) is 5.83. The Bertz CT molecular complexity index is 640. The van der Waals surface area contributed by atoms with Gasteiger partial charge in [0.2, 0.25) is 11.8 Å². The molecular formula is C16H17N3O2. The van der Waals surface area contributed by atoms with Crippen molar-refractivity contribution < 1.29 is 9.53 Å². The predicted molar refractivity (Wildman–Crippen MR) is 81.6 cm³/mol. The summed E-state index contributed by atoms with van der Waals surface area (Å²) in [4.78, 5) is 16.4. The first-order chi connectivity index (χ1) is 10.3. The highest BCUT2D eigenvalue weighted by molar-refractivity contribution is 5.97. The molecule has 2 aromatic rings. The van der Waals surface area contributed by atoms with Crippen molar-refractivity contribution in [3.63, 3.8) is 0 Å². The smallest absolute Gasteiger partial charge is 0.246 e. The zero-order chi connectivity index (χ0) is 14.7. The van der Waals surface area contributed by atoms with E-state index in [0.29, 0.717) is 5.88 Å². The Morgan fingerprint density at radius 3 is 2.90 bits per heavy atom. The quantitative estimate of drug-likeness (QED) is 0.908. The molecule has 0 saturated carbocycles. The normalized spacial score (nSPS) is 17.4. The minimum atomic E-state index is -0.271. The van der Waals surface area contributed by atoms with Gasteiger partial charge in [-0.2, -0.15) is 0 Å². The molecule has 21 heavy (non-hydrogen) atoms. The molecule has 1 unspecified atom stereocenters. The van der Waals surface area contributed by atoms with Crippen molar-refractivity contribution in [3.05, 3.63) is 48.2 Å². The van der Waals surface area contributed by atoms with Gasteiger partial charge < -0.3 is 15.4 Å². The molecule has 1 amide bonds.